The summed E-state index contributed by atoms with van der Waals surface area (Å²) in [6.07, 6.45) is 2.15. The lowest BCUT2D eigenvalue weighted by atomic mass is 10.1. The zero-order valence-corrected chi connectivity index (χ0v) is 16.0. The Kier molecular flexibility index (Phi) is 5.67. The number of hydrogen-bond acceptors (Lipinski definition) is 4. The zero-order valence-electron chi connectivity index (χ0n) is 16.0. The molecule has 1 aromatic carbocycles. The summed E-state index contributed by atoms with van der Waals surface area (Å²) >= 11 is 0. The topological polar surface area (TPSA) is 56.8 Å². The molecule has 2 aliphatic heterocycles. The molecule has 1 unspecified atom stereocenters. The molecule has 2 amide bonds. The molecular weight excluding hydrogens is 352 g/mol. The number of aromatic nitrogens is 1. The minimum Gasteiger partial charge on any atom is -0.340 e. The second-order valence-electron chi connectivity index (χ2n) is 7.58. The Balaban J connectivity index is 1.28. The van der Waals surface area contributed by atoms with Gasteiger partial charge in [-0.15, -0.1) is 0 Å². The lowest BCUT2D eigenvalue weighted by Crippen LogP contribution is -2.50. The van der Waals surface area contributed by atoms with Crippen molar-refractivity contribution in [2.75, 3.05) is 32.7 Å². The maximum atomic E-state index is 12.9. The van der Waals surface area contributed by atoms with Gasteiger partial charge in [-0.2, -0.15) is 0 Å². The number of likely N-dealkylation sites (tertiary alicyclic amines) is 1. The van der Waals surface area contributed by atoms with Gasteiger partial charge >= 0.3 is 0 Å². The van der Waals surface area contributed by atoms with E-state index in [4.69, 9.17) is 0 Å². The molecule has 0 aliphatic carbocycles. The van der Waals surface area contributed by atoms with Gasteiger partial charge in [0.05, 0.1) is 11.6 Å². The third-order valence-electron chi connectivity index (χ3n) is 5.58. The van der Waals surface area contributed by atoms with Crippen LogP contribution < -0.4 is 0 Å². The molecule has 1 atom stereocenters. The van der Waals surface area contributed by atoms with Crippen molar-refractivity contribution in [1.29, 1.82) is 0 Å². The lowest BCUT2D eigenvalue weighted by Gasteiger charge is -2.35. The second kappa shape index (κ2) is 8.52. The maximum absolute atomic E-state index is 12.9. The van der Waals surface area contributed by atoms with Crippen molar-refractivity contribution in [2.24, 2.45) is 5.92 Å². The van der Waals surface area contributed by atoms with E-state index in [0.717, 1.165) is 44.0 Å². The predicted octanol–water partition coefficient (Wildman–Crippen LogP) is 1.77. The van der Waals surface area contributed by atoms with Gasteiger partial charge < -0.3 is 9.80 Å². The highest BCUT2D eigenvalue weighted by molar-refractivity contribution is 5.89. The molecule has 0 spiro atoms. The molecule has 28 heavy (non-hydrogen) atoms. The fraction of sp³-hybridized carbons (Fsp3) is 0.409. The van der Waals surface area contributed by atoms with E-state index in [1.54, 1.807) is 0 Å². The van der Waals surface area contributed by atoms with Crippen LogP contribution >= 0.6 is 0 Å². The molecule has 1 aromatic heterocycles. The first kappa shape index (κ1) is 18.6. The molecule has 2 fully saturated rings. The van der Waals surface area contributed by atoms with Crippen LogP contribution in [0.5, 0.6) is 0 Å². The number of carbonyl (C=O) groups is 2. The van der Waals surface area contributed by atoms with Gasteiger partial charge in [0.25, 0.3) is 0 Å². The van der Waals surface area contributed by atoms with E-state index < -0.39 is 0 Å². The Morgan fingerprint density at radius 2 is 1.71 bits per heavy atom. The van der Waals surface area contributed by atoms with Crippen molar-refractivity contribution in [1.82, 2.24) is 19.7 Å². The number of benzene rings is 1. The molecule has 0 radical (unpaired) electrons. The van der Waals surface area contributed by atoms with E-state index in [2.05, 4.69) is 9.88 Å². The fourth-order valence-corrected chi connectivity index (χ4v) is 4.00. The number of piperazine rings is 1. The first-order valence-electron chi connectivity index (χ1n) is 9.92. The van der Waals surface area contributed by atoms with Gasteiger partial charge in [-0.1, -0.05) is 36.4 Å². The number of amides is 2. The van der Waals surface area contributed by atoms with Gasteiger partial charge in [0.1, 0.15) is 0 Å². The highest BCUT2D eigenvalue weighted by atomic mass is 16.2. The van der Waals surface area contributed by atoms with Gasteiger partial charge in [0.15, 0.2) is 0 Å². The van der Waals surface area contributed by atoms with Crippen LogP contribution in [-0.4, -0.2) is 64.2 Å². The molecule has 146 valence electrons. The molecule has 6 nitrogen and oxygen atoms in total. The molecule has 2 aromatic rings. The summed E-state index contributed by atoms with van der Waals surface area (Å²) in [5.41, 5.74) is 2.16. The van der Waals surface area contributed by atoms with Crippen LogP contribution in [0.15, 0.2) is 54.7 Å². The molecule has 6 heteroatoms. The highest BCUT2D eigenvalue weighted by Gasteiger charge is 2.37. The molecular formula is C22H26N4O2. The lowest BCUT2D eigenvalue weighted by molar-refractivity contribution is -0.137. The van der Waals surface area contributed by atoms with E-state index in [1.165, 1.54) is 0 Å². The van der Waals surface area contributed by atoms with Crippen LogP contribution in [0.25, 0.3) is 0 Å². The first-order valence-corrected chi connectivity index (χ1v) is 9.92. The Hall–Kier alpha value is -2.73. The minimum atomic E-state index is -0.210. The highest BCUT2D eigenvalue weighted by Crippen LogP contribution is 2.23. The zero-order chi connectivity index (χ0) is 19.3. The number of hydrogen-bond donors (Lipinski definition) is 0. The largest absolute Gasteiger partial charge is 0.340 e. The van der Waals surface area contributed by atoms with Crippen molar-refractivity contribution < 1.29 is 9.59 Å². The van der Waals surface area contributed by atoms with Crippen LogP contribution in [0.3, 0.4) is 0 Å². The summed E-state index contributed by atoms with van der Waals surface area (Å²) in [7, 11) is 0. The summed E-state index contributed by atoms with van der Waals surface area (Å²) in [4.78, 5) is 35.7. The monoisotopic (exact) mass is 378 g/mol. The molecule has 0 bridgehead atoms. The van der Waals surface area contributed by atoms with E-state index in [-0.39, 0.29) is 17.7 Å². The van der Waals surface area contributed by atoms with Gasteiger partial charge in [-0.05, 0) is 17.7 Å². The summed E-state index contributed by atoms with van der Waals surface area (Å²) in [5, 5.41) is 0. The fourth-order valence-electron chi connectivity index (χ4n) is 4.00. The van der Waals surface area contributed by atoms with E-state index in [1.807, 2.05) is 64.5 Å². The van der Waals surface area contributed by atoms with E-state index in [9.17, 15) is 9.59 Å². The maximum Gasteiger partial charge on any atom is 0.228 e. The summed E-state index contributed by atoms with van der Waals surface area (Å²) in [5.74, 6) is -0.00376. The van der Waals surface area contributed by atoms with Gasteiger partial charge in [0, 0.05) is 58.4 Å². The first-order chi connectivity index (χ1) is 13.7. The quantitative estimate of drug-likeness (QED) is 0.796. The number of nitrogens with zero attached hydrogens (tertiary/aromatic N) is 4. The third-order valence-corrected chi connectivity index (χ3v) is 5.58. The van der Waals surface area contributed by atoms with Crippen molar-refractivity contribution in [3.8, 4) is 0 Å². The van der Waals surface area contributed by atoms with Crippen LogP contribution in [0.1, 0.15) is 17.7 Å². The average Bonchev–Trinajstić information content (AvgIpc) is 3.10. The molecule has 2 aliphatic rings. The van der Waals surface area contributed by atoms with Crippen LogP contribution in [-0.2, 0) is 22.7 Å². The molecule has 3 heterocycles. The SMILES string of the molecule is O=C1CC(C(=O)N2CCN(Cc3ccccn3)CC2)CN1Cc1ccccc1. The third kappa shape index (κ3) is 4.39. The molecule has 2 saturated heterocycles. The summed E-state index contributed by atoms with van der Waals surface area (Å²) in [6, 6.07) is 15.9. The Labute approximate surface area is 165 Å². The molecule has 0 N–H and O–H groups in total. The Morgan fingerprint density at radius 3 is 2.43 bits per heavy atom. The molecule has 4 rings (SSSR count). The standard InChI is InChI=1S/C22H26N4O2/c27-21-14-19(16-26(21)15-18-6-2-1-3-7-18)22(28)25-12-10-24(11-13-25)17-20-8-4-5-9-23-20/h1-9,19H,10-17H2. The van der Waals surface area contributed by atoms with Crippen LogP contribution in [0, 0.1) is 5.92 Å². The second-order valence-corrected chi connectivity index (χ2v) is 7.58. The van der Waals surface area contributed by atoms with Crippen molar-refractivity contribution in [3.63, 3.8) is 0 Å². The minimum absolute atomic E-state index is 0.0796. The smallest absolute Gasteiger partial charge is 0.228 e. The van der Waals surface area contributed by atoms with Crippen LogP contribution in [0.4, 0.5) is 0 Å². The van der Waals surface area contributed by atoms with Crippen molar-refractivity contribution >= 4 is 11.8 Å². The summed E-state index contributed by atoms with van der Waals surface area (Å²) < 4.78 is 0. The predicted molar refractivity (Wildman–Crippen MR) is 106 cm³/mol. The van der Waals surface area contributed by atoms with Crippen molar-refractivity contribution in [3.05, 3.63) is 66.0 Å². The van der Waals surface area contributed by atoms with Crippen LogP contribution in [0.2, 0.25) is 0 Å². The Morgan fingerprint density at radius 1 is 0.964 bits per heavy atom. The Bertz CT molecular complexity index is 804. The van der Waals surface area contributed by atoms with Gasteiger partial charge in [-0.3, -0.25) is 19.5 Å². The van der Waals surface area contributed by atoms with Gasteiger partial charge in [0.2, 0.25) is 11.8 Å². The molecule has 0 saturated carbocycles. The summed E-state index contributed by atoms with van der Waals surface area (Å²) in [6.45, 7) is 5.05. The normalized spacial score (nSPS) is 20.6. The van der Waals surface area contributed by atoms with E-state index in [0.29, 0.717) is 19.5 Å². The van der Waals surface area contributed by atoms with Gasteiger partial charge in [-0.25, -0.2) is 0 Å². The number of carbonyl (C=O) groups excluding carboxylic acids is 2. The number of rotatable bonds is 5. The van der Waals surface area contributed by atoms with Crippen molar-refractivity contribution in [2.45, 2.75) is 19.5 Å². The van der Waals surface area contributed by atoms with E-state index >= 15 is 0 Å². The average molecular weight is 378 g/mol. The number of pyridine rings is 1.